The van der Waals surface area contributed by atoms with Gasteiger partial charge in [0.05, 0.1) is 36.9 Å². The van der Waals surface area contributed by atoms with E-state index in [0.29, 0.717) is 36.2 Å². The Kier molecular flexibility index (Phi) is 6.70. The Morgan fingerprint density at radius 2 is 1.83 bits per heavy atom. The minimum Gasteiger partial charge on any atom is -0.383 e. The summed E-state index contributed by atoms with van der Waals surface area (Å²) in [5.41, 5.74) is 1.84. The molecule has 0 aliphatic heterocycles. The van der Waals surface area contributed by atoms with Crippen LogP contribution in [0.3, 0.4) is 0 Å². The molecular formula is C21H22N4O4. The van der Waals surface area contributed by atoms with Crippen LogP contribution in [0.25, 0.3) is 10.9 Å². The molecule has 8 nitrogen and oxygen atoms in total. The molecule has 2 N–H and O–H groups in total. The number of para-hydroxylation sites is 1. The first-order valence-corrected chi connectivity index (χ1v) is 9.15. The van der Waals surface area contributed by atoms with Gasteiger partial charge in [-0.25, -0.2) is 4.98 Å². The number of carbonyl (C=O) groups excluding carboxylic acids is 2. The van der Waals surface area contributed by atoms with Crippen molar-refractivity contribution in [3.05, 3.63) is 76.3 Å². The topological polar surface area (TPSA) is 102 Å². The van der Waals surface area contributed by atoms with Crippen molar-refractivity contribution in [3.8, 4) is 0 Å². The largest absolute Gasteiger partial charge is 0.383 e. The molecule has 2 amide bonds. The molecular weight excluding hydrogens is 372 g/mol. The molecule has 3 rings (SSSR count). The quantitative estimate of drug-likeness (QED) is 0.554. The van der Waals surface area contributed by atoms with E-state index < -0.39 is 0 Å². The van der Waals surface area contributed by atoms with E-state index in [2.05, 4.69) is 15.6 Å². The molecule has 0 radical (unpaired) electrons. The van der Waals surface area contributed by atoms with E-state index >= 15 is 0 Å². The van der Waals surface area contributed by atoms with E-state index in [1.54, 1.807) is 49.6 Å². The predicted octanol–water partition coefficient (Wildman–Crippen LogP) is 0.937. The summed E-state index contributed by atoms with van der Waals surface area (Å²) in [5.74, 6) is -0.627. The van der Waals surface area contributed by atoms with Gasteiger partial charge in [0, 0.05) is 19.2 Å². The molecule has 29 heavy (non-hydrogen) atoms. The normalized spacial score (nSPS) is 10.7. The number of aromatic nitrogens is 2. The Morgan fingerprint density at radius 3 is 2.59 bits per heavy atom. The summed E-state index contributed by atoms with van der Waals surface area (Å²) in [6, 6.07) is 14.1. The maximum atomic E-state index is 12.6. The number of methoxy groups -OCH3 is 1. The van der Waals surface area contributed by atoms with E-state index in [1.165, 1.54) is 10.9 Å². The number of ether oxygens (including phenoxy) is 1. The highest BCUT2D eigenvalue weighted by atomic mass is 16.5. The van der Waals surface area contributed by atoms with Crippen LogP contribution in [0.15, 0.2) is 59.7 Å². The molecule has 2 aromatic carbocycles. The van der Waals surface area contributed by atoms with Crippen LogP contribution in [0.1, 0.15) is 15.9 Å². The van der Waals surface area contributed by atoms with E-state index in [4.69, 9.17) is 4.74 Å². The number of nitrogens with zero attached hydrogens (tertiary/aromatic N) is 2. The summed E-state index contributed by atoms with van der Waals surface area (Å²) >= 11 is 0. The number of hydrogen-bond acceptors (Lipinski definition) is 5. The Labute approximate surface area is 167 Å². The lowest BCUT2D eigenvalue weighted by molar-refractivity contribution is -0.120. The lowest BCUT2D eigenvalue weighted by Crippen LogP contribution is -2.38. The molecule has 0 aliphatic rings. The van der Waals surface area contributed by atoms with Gasteiger partial charge in [-0.1, -0.05) is 24.3 Å². The van der Waals surface area contributed by atoms with Gasteiger partial charge in [-0.15, -0.1) is 0 Å². The smallest absolute Gasteiger partial charge is 0.261 e. The molecule has 0 spiro atoms. The molecule has 0 saturated heterocycles. The molecule has 0 bridgehead atoms. The molecule has 0 atom stereocenters. The van der Waals surface area contributed by atoms with Crippen molar-refractivity contribution in [1.29, 1.82) is 0 Å². The zero-order valence-electron chi connectivity index (χ0n) is 16.1. The van der Waals surface area contributed by atoms with E-state index in [9.17, 15) is 14.4 Å². The van der Waals surface area contributed by atoms with Crippen molar-refractivity contribution in [1.82, 2.24) is 20.2 Å². The minimum atomic E-state index is -0.344. The van der Waals surface area contributed by atoms with Gasteiger partial charge in [0.1, 0.15) is 0 Å². The monoisotopic (exact) mass is 394 g/mol. The van der Waals surface area contributed by atoms with Crippen LogP contribution in [-0.4, -0.2) is 48.2 Å². The molecule has 1 aromatic heterocycles. The molecule has 0 fully saturated rings. The van der Waals surface area contributed by atoms with E-state index in [1.807, 2.05) is 6.07 Å². The van der Waals surface area contributed by atoms with Crippen molar-refractivity contribution in [2.75, 3.05) is 26.8 Å². The second-order valence-corrected chi connectivity index (χ2v) is 6.42. The van der Waals surface area contributed by atoms with Crippen molar-refractivity contribution in [2.24, 2.45) is 0 Å². The van der Waals surface area contributed by atoms with Crippen LogP contribution in [0.5, 0.6) is 0 Å². The molecule has 8 heteroatoms. The van der Waals surface area contributed by atoms with Gasteiger partial charge < -0.3 is 15.4 Å². The zero-order chi connectivity index (χ0) is 20.6. The van der Waals surface area contributed by atoms with Crippen LogP contribution >= 0.6 is 0 Å². The lowest BCUT2D eigenvalue weighted by atomic mass is 10.1. The van der Waals surface area contributed by atoms with Crippen LogP contribution < -0.4 is 16.2 Å². The highest BCUT2D eigenvalue weighted by molar-refractivity contribution is 5.96. The van der Waals surface area contributed by atoms with Crippen LogP contribution in [-0.2, 0) is 16.1 Å². The standard InChI is InChI=1S/C21H22N4O4/c1-29-11-10-22-19(26)12-23-20(27)16-8-6-15(7-9-16)13-25-14-24-18-5-3-2-4-17(18)21(25)28/h2-9,14H,10-13H2,1H3,(H,22,26)(H,23,27). The maximum Gasteiger partial charge on any atom is 0.261 e. The summed E-state index contributed by atoms with van der Waals surface area (Å²) in [5, 5.41) is 5.76. The number of carbonyl (C=O) groups is 2. The predicted molar refractivity (Wildman–Crippen MR) is 109 cm³/mol. The summed E-state index contributed by atoms with van der Waals surface area (Å²) in [6.07, 6.45) is 1.52. The Bertz CT molecular complexity index is 1060. The average Bonchev–Trinajstić information content (AvgIpc) is 2.75. The Balaban J connectivity index is 1.60. The first-order valence-electron chi connectivity index (χ1n) is 9.15. The van der Waals surface area contributed by atoms with Crippen LogP contribution in [0.2, 0.25) is 0 Å². The maximum absolute atomic E-state index is 12.6. The zero-order valence-corrected chi connectivity index (χ0v) is 16.1. The number of benzene rings is 2. The van der Waals surface area contributed by atoms with E-state index in [-0.39, 0.29) is 23.9 Å². The molecule has 3 aromatic rings. The van der Waals surface area contributed by atoms with Gasteiger partial charge in [-0.3, -0.25) is 19.0 Å². The van der Waals surface area contributed by atoms with Crippen molar-refractivity contribution in [2.45, 2.75) is 6.54 Å². The second-order valence-electron chi connectivity index (χ2n) is 6.42. The number of rotatable bonds is 8. The van der Waals surface area contributed by atoms with Gasteiger partial charge >= 0.3 is 0 Å². The highest BCUT2D eigenvalue weighted by Gasteiger charge is 2.09. The fraction of sp³-hybridized carbons (Fsp3) is 0.238. The lowest BCUT2D eigenvalue weighted by Gasteiger charge is -2.09. The van der Waals surface area contributed by atoms with Gasteiger partial charge in [-0.2, -0.15) is 0 Å². The summed E-state index contributed by atoms with van der Waals surface area (Å²) in [7, 11) is 1.55. The second kappa shape index (κ2) is 9.61. The molecule has 0 saturated carbocycles. The molecule has 1 heterocycles. The SMILES string of the molecule is COCCNC(=O)CNC(=O)c1ccc(Cn2cnc3ccccc3c2=O)cc1. The van der Waals surface area contributed by atoms with Crippen molar-refractivity contribution >= 4 is 22.7 Å². The fourth-order valence-corrected chi connectivity index (χ4v) is 2.79. The minimum absolute atomic E-state index is 0.109. The third kappa shape index (κ3) is 5.26. The highest BCUT2D eigenvalue weighted by Crippen LogP contribution is 2.08. The molecule has 150 valence electrons. The number of nitrogens with one attached hydrogen (secondary N) is 2. The Morgan fingerprint density at radius 1 is 1.07 bits per heavy atom. The fourth-order valence-electron chi connectivity index (χ4n) is 2.79. The third-order valence-corrected chi connectivity index (χ3v) is 4.34. The summed E-state index contributed by atoms with van der Waals surface area (Å²) in [6.45, 7) is 1.04. The van der Waals surface area contributed by atoms with Gasteiger partial charge in [0.2, 0.25) is 5.91 Å². The number of fused-ring (bicyclic) bond motifs is 1. The number of hydrogen-bond donors (Lipinski definition) is 2. The van der Waals surface area contributed by atoms with Gasteiger partial charge in [0.15, 0.2) is 0 Å². The van der Waals surface area contributed by atoms with Crippen LogP contribution in [0.4, 0.5) is 0 Å². The summed E-state index contributed by atoms with van der Waals surface area (Å²) < 4.78 is 6.37. The van der Waals surface area contributed by atoms with E-state index in [0.717, 1.165) is 5.56 Å². The number of amides is 2. The van der Waals surface area contributed by atoms with Crippen molar-refractivity contribution in [3.63, 3.8) is 0 Å². The van der Waals surface area contributed by atoms with Gasteiger partial charge in [-0.05, 0) is 29.8 Å². The van der Waals surface area contributed by atoms with Gasteiger partial charge in [0.25, 0.3) is 11.5 Å². The molecule has 0 unspecified atom stereocenters. The summed E-state index contributed by atoms with van der Waals surface area (Å²) in [4.78, 5) is 40.7. The molecule has 0 aliphatic carbocycles. The Hall–Kier alpha value is -3.52. The van der Waals surface area contributed by atoms with Crippen molar-refractivity contribution < 1.29 is 14.3 Å². The van der Waals surface area contributed by atoms with Crippen LogP contribution in [0, 0.1) is 0 Å². The first-order chi connectivity index (χ1) is 14.1. The third-order valence-electron chi connectivity index (χ3n) is 4.34. The average molecular weight is 394 g/mol. The first kappa shape index (κ1) is 20.2.